The van der Waals surface area contributed by atoms with Crippen LogP contribution in [-0.2, 0) is 23.7 Å². The highest BCUT2D eigenvalue weighted by atomic mass is 16.2. The summed E-state index contributed by atoms with van der Waals surface area (Å²) in [5, 5.41) is 9.95. The number of allylic oxidation sites excluding steroid dienone is 1. The fourth-order valence-corrected chi connectivity index (χ4v) is 5.77. The minimum absolute atomic E-state index is 0.0418. The zero-order valence-electron chi connectivity index (χ0n) is 18.0. The number of aliphatic hydroxyl groups excluding tert-OH is 1. The van der Waals surface area contributed by atoms with Gasteiger partial charge in [0, 0.05) is 29.5 Å². The van der Waals surface area contributed by atoms with Crippen molar-refractivity contribution in [3.8, 4) is 11.4 Å². The van der Waals surface area contributed by atoms with Crippen LogP contribution < -0.4 is 0 Å². The molecule has 31 heavy (non-hydrogen) atoms. The normalized spacial score (nSPS) is 26.5. The molecular weight excluding hydrogens is 388 g/mol. The molecule has 1 fully saturated rings. The standard InChI is InChI=1S/C25H26N4O2/c1-15-20-10-9-19-22(21-12-26-14-29(21)3)27-16(2)28-24(19)25(20,11-17(13-30)23(15)31)18-7-5-4-6-8-18/h4-8,12-15,20,30H,9-11H2,1-3H3/t15-,20-,25+/m0/s1. The Labute approximate surface area is 181 Å². The molecule has 2 aliphatic carbocycles. The molecular formula is C25H26N4O2. The van der Waals surface area contributed by atoms with Gasteiger partial charge in [0.05, 0.1) is 35.9 Å². The van der Waals surface area contributed by atoms with Crippen LogP contribution in [0.4, 0.5) is 0 Å². The minimum Gasteiger partial charge on any atom is -0.515 e. The molecule has 0 bridgehead atoms. The molecule has 2 aliphatic rings. The quantitative estimate of drug-likeness (QED) is 0.505. The van der Waals surface area contributed by atoms with E-state index >= 15 is 0 Å². The van der Waals surface area contributed by atoms with E-state index in [0.29, 0.717) is 17.8 Å². The number of aryl methyl sites for hydroxylation is 2. The number of aromatic nitrogens is 4. The van der Waals surface area contributed by atoms with Crippen molar-refractivity contribution in [2.45, 2.75) is 38.5 Å². The minimum atomic E-state index is -0.488. The lowest BCUT2D eigenvalue weighted by Crippen LogP contribution is -2.51. The van der Waals surface area contributed by atoms with E-state index in [1.807, 2.05) is 49.9 Å². The van der Waals surface area contributed by atoms with Crippen molar-refractivity contribution in [2.24, 2.45) is 18.9 Å². The smallest absolute Gasteiger partial charge is 0.165 e. The number of hydrogen-bond donors (Lipinski definition) is 1. The number of nitrogens with zero attached hydrogens (tertiary/aromatic N) is 4. The van der Waals surface area contributed by atoms with E-state index in [4.69, 9.17) is 9.97 Å². The van der Waals surface area contributed by atoms with Crippen molar-refractivity contribution >= 4 is 5.78 Å². The fourth-order valence-electron chi connectivity index (χ4n) is 5.77. The number of rotatable bonds is 2. The first kappa shape index (κ1) is 19.7. The van der Waals surface area contributed by atoms with Gasteiger partial charge in [0.2, 0.25) is 0 Å². The molecule has 0 spiro atoms. The van der Waals surface area contributed by atoms with Gasteiger partial charge in [-0.15, -0.1) is 0 Å². The molecule has 0 saturated heterocycles. The summed E-state index contributed by atoms with van der Waals surface area (Å²) in [6, 6.07) is 10.3. The Morgan fingerprint density at radius 1 is 1.23 bits per heavy atom. The predicted octanol–water partition coefficient (Wildman–Crippen LogP) is 4.08. The van der Waals surface area contributed by atoms with Crippen molar-refractivity contribution in [1.29, 1.82) is 0 Å². The second kappa shape index (κ2) is 7.15. The van der Waals surface area contributed by atoms with Crippen LogP contribution in [0, 0.1) is 18.8 Å². The third kappa shape index (κ3) is 2.77. The predicted molar refractivity (Wildman–Crippen MR) is 118 cm³/mol. The van der Waals surface area contributed by atoms with Gasteiger partial charge in [-0.2, -0.15) is 0 Å². The highest BCUT2D eigenvalue weighted by molar-refractivity contribution is 5.98. The van der Waals surface area contributed by atoms with Gasteiger partial charge in [0.15, 0.2) is 5.78 Å². The van der Waals surface area contributed by atoms with E-state index in [0.717, 1.165) is 47.3 Å². The van der Waals surface area contributed by atoms with E-state index in [9.17, 15) is 9.90 Å². The Bertz CT molecular complexity index is 1200. The van der Waals surface area contributed by atoms with Crippen LogP contribution in [0.25, 0.3) is 11.4 Å². The largest absolute Gasteiger partial charge is 0.515 e. The van der Waals surface area contributed by atoms with Crippen LogP contribution in [0.2, 0.25) is 0 Å². The lowest BCUT2D eigenvalue weighted by atomic mass is 9.52. The maximum atomic E-state index is 13.0. The Morgan fingerprint density at radius 2 is 2.00 bits per heavy atom. The molecule has 3 atom stereocenters. The number of Topliss-reactive ketones (excluding diaryl/α,β-unsaturated/α-hetero) is 1. The summed E-state index contributed by atoms with van der Waals surface area (Å²) < 4.78 is 1.98. The van der Waals surface area contributed by atoms with Crippen molar-refractivity contribution in [3.05, 3.63) is 77.3 Å². The number of benzene rings is 1. The first-order valence-corrected chi connectivity index (χ1v) is 10.7. The molecule has 0 radical (unpaired) electrons. The number of imidazole rings is 1. The topological polar surface area (TPSA) is 80.9 Å². The van der Waals surface area contributed by atoms with Crippen molar-refractivity contribution < 1.29 is 9.90 Å². The average molecular weight is 415 g/mol. The molecule has 2 heterocycles. The molecule has 6 nitrogen and oxygen atoms in total. The fraction of sp³-hybridized carbons (Fsp3) is 0.360. The van der Waals surface area contributed by atoms with Gasteiger partial charge in [-0.1, -0.05) is 37.3 Å². The summed E-state index contributed by atoms with van der Waals surface area (Å²) in [5.41, 5.74) is 5.09. The summed E-state index contributed by atoms with van der Waals surface area (Å²) in [6.07, 6.45) is 6.75. The Hall–Kier alpha value is -3.28. The number of hydrogen-bond acceptors (Lipinski definition) is 5. The third-order valence-electron chi connectivity index (χ3n) is 7.19. The summed E-state index contributed by atoms with van der Waals surface area (Å²) in [6.45, 7) is 3.91. The number of aliphatic hydroxyl groups is 1. The number of carbonyl (C=O) groups excluding carboxylic acids is 1. The molecule has 6 heteroatoms. The lowest BCUT2D eigenvalue weighted by Gasteiger charge is -2.51. The van der Waals surface area contributed by atoms with Gasteiger partial charge in [-0.25, -0.2) is 15.0 Å². The first-order chi connectivity index (χ1) is 15.0. The van der Waals surface area contributed by atoms with E-state index in [1.54, 1.807) is 6.33 Å². The van der Waals surface area contributed by atoms with Crippen LogP contribution in [0.5, 0.6) is 0 Å². The average Bonchev–Trinajstić information content (AvgIpc) is 3.21. The number of ketones is 1. The molecule has 1 saturated carbocycles. The number of carbonyl (C=O) groups is 1. The lowest BCUT2D eigenvalue weighted by molar-refractivity contribution is -0.123. The highest BCUT2D eigenvalue weighted by Crippen LogP contribution is 2.56. The highest BCUT2D eigenvalue weighted by Gasteiger charge is 2.55. The van der Waals surface area contributed by atoms with Crippen LogP contribution >= 0.6 is 0 Å². The van der Waals surface area contributed by atoms with Crippen LogP contribution in [-0.4, -0.2) is 30.4 Å². The number of fused-ring (bicyclic) bond motifs is 3. The summed E-state index contributed by atoms with van der Waals surface area (Å²) in [7, 11) is 1.97. The van der Waals surface area contributed by atoms with Gasteiger partial charge in [0.25, 0.3) is 0 Å². The molecule has 158 valence electrons. The zero-order chi connectivity index (χ0) is 21.8. The van der Waals surface area contributed by atoms with Crippen molar-refractivity contribution in [2.75, 3.05) is 0 Å². The van der Waals surface area contributed by atoms with E-state index in [-0.39, 0.29) is 17.6 Å². The maximum Gasteiger partial charge on any atom is 0.165 e. The third-order valence-corrected chi connectivity index (χ3v) is 7.19. The SMILES string of the molecule is Cc1nc(-c2cncn2C)c2c(n1)[C@@]1(c3ccccc3)CC(=CO)C(=O)[C@@H](C)[C@@H]1CC2. The Kier molecular flexibility index (Phi) is 4.54. The van der Waals surface area contributed by atoms with Gasteiger partial charge in [0.1, 0.15) is 5.82 Å². The van der Waals surface area contributed by atoms with Crippen molar-refractivity contribution in [3.63, 3.8) is 0 Å². The molecule has 5 rings (SSSR count). The second-order valence-corrected chi connectivity index (χ2v) is 8.80. The molecule has 1 aromatic carbocycles. The van der Waals surface area contributed by atoms with Gasteiger partial charge >= 0.3 is 0 Å². The van der Waals surface area contributed by atoms with Crippen LogP contribution in [0.3, 0.4) is 0 Å². The summed E-state index contributed by atoms with van der Waals surface area (Å²) >= 11 is 0. The monoisotopic (exact) mass is 414 g/mol. The second-order valence-electron chi connectivity index (χ2n) is 8.80. The summed E-state index contributed by atoms with van der Waals surface area (Å²) in [4.78, 5) is 27.1. The molecule has 3 aromatic rings. The van der Waals surface area contributed by atoms with Gasteiger partial charge in [-0.3, -0.25) is 4.79 Å². The van der Waals surface area contributed by atoms with Crippen LogP contribution in [0.15, 0.2) is 54.7 Å². The van der Waals surface area contributed by atoms with E-state index in [1.165, 1.54) is 0 Å². The first-order valence-electron chi connectivity index (χ1n) is 10.7. The van der Waals surface area contributed by atoms with Gasteiger partial charge < -0.3 is 9.67 Å². The maximum absolute atomic E-state index is 13.0. The van der Waals surface area contributed by atoms with Crippen molar-refractivity contribution in [1.82, 2.24) is 19.5 Å². The van der Waals surface area contributed by atoms with Gasteiger partial charge in [-0.05, 0) is 37.7 Å². The Morgan fingerprint density at radius 3 is 2.68 bits per heavy atom. The van der Waals surface area contributed by atoms with Crippen LogP contribution in [0.1, 0.15) is 42.4 Å². The molecule has 0 amide bonds. The molecule has 1 N–H and O–H groups in total. The Balaban J connectivity index is 1.85. The molecule has 0 aliphatic heterocycles. The van der Waals surface area contributed by atoms with E-state index in [2.05, 4.69) is 17.1 Å². The molecule has 0 unspecified atom stereocenters. The van der Waals surface area contributed by atoms with E-state index < -0.39 is 5.41 Å². The zero-order valence-corrected chi connectivity index (χ0v) is 18.0. The molecule has 2 aromatic heterocycles. The summed E-state index contributed by atoms with van der Waals surface area (Å²) in [5.74, 6) is 0.647.